The molecule has 92 valence electrons. The van der Waals surface area contributed by atoms with Gasteiger partial charge in [0.2, 0.25) is 0 Å². The lowest BCUT2D eigenvalue weighted by molar-refractivity contribution is -0.130. The molecule has 2 rings (SSSR count). The quantitative estimate of drug-likeness (QED) is 0.699. The summed E-state index contributed by atoms with van der Waals surface area (Å²) in [6.45, 7) is 7.04. The molecular formula is C15H26O. The van der Waals surface area contributed by atoms with Crippen molar-refractivity contribution in [2.24, 2.45) is 23.2 Å². The third-order valence-electron chi connectivity index (χ3n) is 5.55. The molecule has 0 bridgehead atoms. The van der Waals surface area contributed by atoms with Crippen LogP contribution in [0.1, 0.15) is 65.7 Å². The highest BCUT2D eigenvalue weighted by Gasteiger charge is 2.52. The number of fused-ring (bicyclic) bond motifs is 1. The van der Waals surface area contributed by atoms with E-state index in [-0.39, 0.29) is 0 Å². The van der Waals surface area contributed by atoms with Crippen molar-refractivity contribution in [1.82, 2.24) is 0 Å². The summed E-state index contributed by atoms with van der Waals surface area (Å²) in [5.41, 5.74) is 0.353. The van der Waals surface area contributed by atoms with Crippen LogP contribution in [0.4, 0.5) is 0 Å². The molecule has 1 nitrogen and oxygen atoms in total. The van der Waals surface area contributed by atoms with Gasteiger partial charge in [-0.2, -0.15) is 0 Å². The number of carbonyl (C=O) groups excluding carboxylic acids is 1. The molecule has 0 spiro atoms. The molecule has 0 saturated heterocycles. The van der Waals surface area contributed by atoms with Crippen LogP contribution in [0.2, 0.25) is 0 Å². The fourth-order valence-electron chi connectivity index (χ4n) is 4.60. The summed E-state index contributed by atoms with van der Waals surface area (Å²) in [4.78, 5) is 12.0. The van der Waals surface area contributed by atoms with Gasteiger partial charge in [0.25, 0.3) is 0 Å². The molecule has 2 saturated carbocycles. The largest absolute Gasteiger partial charge is 0.299 e. The third kappa shape index (κ3) is 1.72. The normalized spacial score (nSPS) is 39.1. The predicted octanol–water partition coefficient (Wildman–Crippen LogP) is 4.21. The van der Waals surface area contributed by atoms with Gasteiger partial charge in [0.1, 0.15) is 5.78 Å². The molecular weight excluding hydrogens is 196 g/mol. The average Bonchev–Trinajstić information content (AvgIpc) is 2.60. The summed E-state index contributed by atoms with van der Waals surface area (Å²) in [6, 6.07) is 0. The molecule has 3 atom stereocenters. The molecule has 0 amide bonds. The van der Waals surface area contributed by atoms with Gasteiger partial charge in [0.05, 0.1) is 0 Å². The summed E-state index contributed by atoms with van der Waals surface area (Å²) in [7, 11) is 0. The van der Waals surface area contributed by atoms with E-state index in [1.807, 2.05) is 0 Å². The van der Waals surface area contributed by atoms with Gasteiger partial charge < -0.3 is 0 Å². The zero-order valence-electron chi connectivity index (χ0n) is 11.1. The number of ketones is 1. The van der Waals surface area contributed by atoms with Crippen LogP contribution >= 0.6 is 0 Å². The van der Waals surface area contributed by atoms with Crippen LogP contribution in [0.5, 0.6) is 0 Å². The Morgan fingerprint density at radius 3 is 2.62 bits per heavy atom. The van der Waals surface area contributed by atoms with Gasteiger partial charge >= 0.3 is 0 Å². The van der Waals surface area contributed by atoms with Crippen LogP contribution in [-0.2, 0) is 4.79 Å². The highest BCUT2D eigenvalue weighted by molar-refractivity contribution is 5.83. The second kappa shape index (κ2) is 4.50. The summed E-state index contributed by atoms with van der Waals surface area (Å²) in [6.07, 6.45) is 8.36. The minimum absolute atomic E-state index is 0.353. The minimum atomic E-state index is 0.353. The zero-order chi connectivity index (χ0) is 11.8. The average molecular weight is 222 g/mol. The van der Waals surface area contributed by atoms with Crippen molar-refractivity contribution in [3.63, 3.8) is 0 Å². The Hall–Kier alpha value is -0.330. The van der Waals surface area contributed by atoms with Gasteiger partial charge in [0, 0.05) is 12.3 Å². The molecule has 2 aliphatic carbocycles. The van der Waals surface area contributed by atoms with E-state index >= 15 is 0 Å². The van der Waals surface area contributed by atoms with Crippen LogP contribution in [0.25, 0.3) is 0 Å². The van der Waals surface area contributed by atoms with Gasteiger partial charge in [0.15, 0.2) is 0 Å². The second-order valence-corrected chi connectivity index (χ2v) is 6.14. The standard InChI is InChI=1S/C15H26O/c1-4-11(5-2)12-8-9-13-14(16)7-6-10-15(12,13)3/h11-13H,4-10H2,1-3H3/t12?,13?,15-/m1/s1. The van der Waals surface area contributed by atoms with Crippen molar-refractivity contribution in [3.8, 4) is 0 Å². The van der Waals surface area contributed by atoms with E-state index in [4.69, 9.17) is 0 Å². The smallest absolute Gasteiger partial charge is 0.136 e. The Bertz CT molecular complexity index is 267. The fraction of sp³-hybridized carbons (Fsp3) is 0.933. The van der Waals surface area contributed by atoms with E-state index in [9.17, 15) is 4.79 Å². The van der Waals surface area contributed by atoms with Crippen molar-refractivity contribution in [1.29, 1.82) is 0 Å². The lowest BCUT2D eigenvalue weighted by Crippen LogP contribution is -2.39. The van der Waals surface area contributed by atoms with E-state index in [1.54, 1.807) is 0 Å². The molecule has 0 aliphatic heterocycles. The molecule has 0 aromatic rings. The molecule has 1 heteroatoms. The molecule has 2 aliphatic rings. The van der Waals surface area contributed by atoms with Crippen LogP contribution < -0.4 is 0 Å². The van der Waals surface area contributed by atoms with Crippen LogP contribution in [0.3, 0.4) is 0 Å². The second-order valence-electron chi connectivity index (χ2n) is 6.14. The van der Waals surface area contributed by atoms with E-state index in [0.29, 0.717) is 17.1 Å². The molecule has 0 N–H and O–H groups in total. The van der Waals surface area contributed by atoms with Crippen molar-refractivity contribution >= 4 is 5.78 Å². The van der Waals surface area contributed by atoms with Gasteiger partial charge in [-0.3, -0.25) is 4.79 Å². The fourth-order valence-corrected chi connectivity index (χ4v) is 4.60. The lowest BCUT2D eigenvalue weighted by Gasteiger charge is -2.42. The number of rotatable bonds is 3. The first kappa shape index (κ1) is 12.1. The van der Waals surface area contributed by atoms with Gasteiger partial charge in [-0.25, -0.2) is 0 Å². The molecule has 0 aromatic heterocycles. The van der Waals surface area contributed by atoms with Crippen molar-refractivity contribution in [3.05, 3.63) is 0 Å². The van der Waals surface area contributed by atoms with E-state index in [1.165, 1.54) is 32.1 Å². The van der Waals surface area contributed by atoms with Crippen molar-refractivity contribution in [2.75, 3.05) is 0 Å². The molecule has 0 radical (unpaired) electrons. The summed E-state index contributed by atoms with van der Waals surface area (Å²) < 4.78 is 0. The highest BCUT2D eigenvalue weighted by Crippen LogP contribution is 2.57. The van der Waals surface area contributed by atoms with Crippen molar-refractivity contribution < 1.29 is 4.79 Å². The molecule has 2 fully saturated rings. The molecule has 16 heavy (non-hydrogen) atoms. The van der Waals surface area contributed by atoms with Crippen LogP contribution in [0.15, 0.2) is 0 Å². The van der Waals surface area contributed by atoms with Crippen molar-refractivity contribution in [2.45, 2.75) is 65.7 Å². The van der Waals surface area contributed by atoms with Crippen LogP contribution in [-0.4, -0.2) is 5.78 Å². The Morgan fingerprint density at radius 2 is 2.00 bits per heavy atom. The SMILES string of the molecule is CCC(CC)C1CCC2C(=O)CCC[C@@]21C. The summed E-state index contributed by atoms with van der Waals surface area (Å²) >= 11 is 0. The number of hydrogen-bond acceptors (Lipinski definition) is 1. The van der Waals surface area contributed by atoms with Gasteiger partial charge in [-0.1, -0.05) is 33.6 Å². The molecule has 0 heterocycles. The number of hydrogen-bond donors (Lipinski definition) is 0. The lowest BCUT2D eigenvalue weighted by atomic mass is 9.61. The third-order valence-corrected chi connectivity index (χ3v) is 5.55. The van der Waals surface area contributed by atoms with E-state index in [2.05, 4.69) is 20.8 Å². The first-order valence-electron chi connectivity index (χ1n) is 7.16. The summed E-state index contributed by atoms with van der Waals surface area (Å²) in [5.74, 6) is 2.65. The Kier molecular flexibility index (Phi) is 3.42. The molecule has 0 aromatic carbocycles. The minimum Gasteiger partial charge on any atom is -0.299 e. The number of Topliss-reactive ketones (excluding diaryl/α,β-unsaturated/α-hetero) is 1. The first-order chi connectivity index (χ1) is 7.63. The first-order valence-corrected chi connectivity index (χ1v) is 7.16. The monoisotopic (exact) mass is 222 g/mol. The maximum Gasteiger partial charge on any atom is 0.136 e. The predicted molar refractivity (Wildman–Crippen MR) is 67.3 cm³/mol. The maximum atomic E-state index is 12.0. The van der Waals surface area contributed by atoms with E-state index in [0.717, 1.165) is 24.7 Å². The topological polar surface area (TPSA) is 17.1 Å². The Balaban J connectivity index is 2.20. The van der Waals surface area contributed by atoms with Gasteiger partial charge in [-0.05, 0) is 42.9 Å². The van der Waals surface area contributed by atoms with Crippen LogP contribution in [0, 0.1) is 23.2 Å². The Labute approximate surface area is 100.0 Å². The van der Waals surface area contributed by atoms with Gasteiger partial charge in [-0.15, -0.1) is 0 Å². The Morgan fingerprint density at radius 1 is 1.31 bits per heavy atom. The molecule has 2 unspecified atom stereocenters. The summed E-state index contributed by atoms with van der Waals surface area (Å²) in [5, 5.41) is 0. The highest BCUT2D eigenvalue weighted by atomic mass is 16.1. The van der Waals surface area contributed by atoms with E-state index < -0.39 is 0 Å². The zero-order valence-corrected chi connectivity index (χ0v) is 11.1. The maximum absolute atomic E-state index is 12.0. The number of carbonyl (C=O) groups is 1.